The van der Waals surface area contributed by atoms with Gasteiger partial charge in [-0.05, 0) is 38.1 Å². The second-order valence-corrected chi connectivity index (χ2v) is 6.37. The molecule has 0 bridgehead atoms. The molecule has 124 valence electrons. The third-order valence-electron chi connectivity index (χ3n) is 3.41. The molecule has 3 aromatic rings. The average molecular weight is 343 g/mol. The molecule has 2 N–H and O–H groups in total. The molecule has 24 heavy (non-hydrogen) atoms. The van der Waals surface area contributed by atoms with Gasteiger partial charge in [0.15, 0.2) is 5.82 Å². The van der Waals surface area contributed by atoms with Gasteiger partial charge in [0.1, 0.15) is 16.5 Å². The molecular weight excluding hydrogens is 326 g/mol. The molecule has 0 saturated heterocycles. The second kappa shape index (κ2) is 6.79. The van der Waals surface area contributed by atoms with Gasteiger partial charge < -0.3 is 10.1 Å². The Morgan fingerprint density at radius 1 is 1.25 bits per heavy atom. The highest BCUT2D eigenvalue weighted by molar-refractivity contribution is 7.13. The normalized spacial score (nSPS) is 10.6. The number of aromatic nitrogens is 4. The van der Waals surface area contributed by atoms with Crippen molar-refractivity contribution in [1.82, 2.24) is 25.5 Å². The van der Waals surface area contributed by atoms with E-state index in [1.807, 2.05) is 38.1 Å². The number of carbonyl (C=O) groups excluding carboxylic acids is 1. The number of hydrogen-bond donors (Lipinski definition) is 2. The smallest absolute Gasteiger partial charge is 0.263 e. The zero-order chi connectivity index (χ0) is 17.1. The first-order valence-corrected chi connectivity index (χ1v) is 8.16. The van der Waals surface area contributed by atoms with Crippen molar-refractivity contribution in [2.24, 2.45) is 0 Å². The van der Waals surface area contributed by atoms with E-state index in [-0.39, 0.29) is 12.5 Å². The van der Waals surface area contributed by atoms with Crippen molar-refractivity contribution in [3.8, 4) is 17.1 Å². The Bertz CT molecular complexity index is 854. The molecule has 0 saturated carbocycles. The number of rotatable bonds is 5. The number of ether oxygens (including phenoxy) is 1. The number of amides is 1. The van der Waals surface area contributed by atoms with Crippen LogP contribution in [0.5, 0.6) is 5.75 Å². The number of aryl methyl sites for hydroxylation is 2. The molecule has 1 amide bonds. The number of methoxy groups -OCH3 is 1. The van der Waals surface area contributed by atoms with Crippen LogP contribution in [0.3, 0.4) is 0 Å². The molecule has 0 atom stereocenters. The van der Waals surface area contributed by atoms with E-state index in [1.165, 1.54) is 11.3 Å². The summed E-state index contributed by atoms with van der Waals surface area (Å²) in [7, 11) is 1.62. The Morgan fingerprint density at radius 2 is 2.00 bits per heavy atom. The van der Waals surface area contributed by atoms with Gasteiger partial charge in [-0.1, -0.05) is 0 Å². The number of nitrogens with one attached hydrogen (secondary N) is 2. The van der Waals surface area contributed by atoms with Gasteiger partial charge in [-0.2, -0.15) is 5.10 Å². The van der Waals surface area contributed by atoms with Gasteiger partial charge in [-0.25, -0.2) is 9.97 Å². The van der Waals surface area contributed by atoms with Gasteiger partial charge >= 0.3 is 0 Å². The zero-order valence-corrected chi connectivity index (χ0v) is 14.4. The highest BCUT2D eigenvalue weighted by Crippen LogP contribution is 2.19. The van der Waals surface area contributed by atoms with Gasteiger partial charge in [0, 0.05) is 5.56 Å². The van der Waals surface area contributed by atoms with Crippen molar-refractivity contribution < 1.29 is 9.53 Å². The first-order chi connectivity index (χ1) is 11.6. The number of aromatic amines is 1. The largest absolute Gasteiger partial charge is 0.497 e. The fourth-order valence-electron chi connectivity index (χ4n) is 2.23. The van der Waals surface area contributed by atoms with Crippen LogP contribution in [-0.2, 0) is 6.54 Å². The highest BCUT2D eigenvalue weighted by atomic mass is 32.1. The summed E-state index contributed by atoms with van der Waals surface area (Å²) in [4.78, 5) is 21.5. The van der Waals surface area contributed by atoms with Crippen LogP contribution < -0.4 is 10.1 Å². The molecule has 0 aliphatic rings. The Hall–Kier alpha value is -2.74. The quantitative estimate of drug-likeness (QED) is 0.742. The van der Waals surface area contributed by atoms with Crippen LogP contribution >= 0.6 is 11.3 Å². The van der Waals surface area contributed by atoms with Crippen molar-refractivity contribution in [2.45, 2.75) is 20.4 Å². The molecule has 0 unspecified atom stereocenters. The van der Waals surface area contributed by atoms with Crippen LogP contribution in [0.25, 0.3) is 11.4 Å². The molecule has 0 aliphatic heterocycles. The predicted molar refractivity (Wildman–Crippen MR) is 91.1 cm³/mol. The van der Waals surface area contributed by atoms with E-state index in [0.29, 0.717) is 16.5 Å². The zero-order valence-electron chi connectivity index (χ0n) is 13.6. The summed E-state index contributed by atoms with van der Waals surface area (Å²) in [5, 5.41) is 10.7. The monoisotopic (exact) mass is 343 g/mol. The minimum atomic E-state index is -0.152. The van der Waals surface area contributed by atoms with E-state index < -0.39 is 0 Å². The second-order valence-electron chi connectivity index (χ2n) is 5.16. The van der Waals surface area contributed by atoms with E-state index in [1.54, 1.807) is 7.11 Å². The van der Waals surface area contributed by atoms with Crippen molar-refractivity contribution in [3.05, 3.63) is 45.7 Å². The first kappa shape index (κ1) is 16.1. The van der Waals surface area contributed by atoms with E-state index in [0.717, 1.165) is 22.0 Å². The van der Waals surface area contributed by atoms with Crippen molar-refractivity contribution in [1.29, 1.82) is 0 Å². The minimum absolute atomic E-state index is 0.152. The number of nitrogens with zero attached hydrogens (tertiary/aromatic N) is 3. The number of benzene rings is 1. The van der Waals surface area contributed by atoms with Crippen molar-refractivity contribution in [3.63, 3.8) is 0 Å². The Morgan fingerprint density at radius 3 is 2.62 bits per heavy atom. The van der Waals surface area contributed by atoms with Crippen molar-refractivity contribution >= 4 is 17.2 Å². The van der Waals surface area contributed by atoms with Crippen LogP contribution in [0.15, 0.2) is 24.3 Å². The maximum Gasteiger partial charge on any atom is 0.263 e. The topological polar surface area (TPSA) is 92.8 Å². The van der Waals surface area contributed by atoms with Crippen LogP contribution in [-0.4, -0.2) is 33.2 Å². The summed E-state index contributed by atoms with van der Waals surface area (Å²) in [6, 6.07) is 7.46. The summed E-state index contributed by atoms with van der Waals surface area (Å²) in [6.07, 6.45) is 0. The summed E-state index contributed by atoms with van der Waals surface area (Å²) in [6.45, 7) is 3.99. The Labute approximate surface area is 143 Å². The number of thiazole rings is 1. The third-order valence-corrected chi connectivity index (χ3v) is 4.48. The highest BCUT2D eigenvalue weighted by Gasteiger charge is 2.14. The van der Waals surface area contributed by atoms with Gasteiger partial charge in [0.25, 0.3) is 5.91 Å². The molecular formula is C16H17N5O2S. The fourth-order valence-corrected chi connectivity index (χ4v) is 3.07. The molecule has 1 aromatic carbocycles. The van der Waals surface area contributed by atoms with Crippen LogP contribution in [0.4, 0.5) is 0 Å². The van der Waals surface area contributed by atoms with E-state index in [4.69, 9.17) is 4.74 Å². The summed E-state index contributed by atoms with van der Waals surface area (Å²) in [5.74, 6) is 1.79. The lowest BCUT2D eigenvalue weighted by atomic mass is 10.2. The third kappa shape index (κ3) is 3.43. The molecule has 2 heterocycles. The SMILES string of the molecule is COc1ccc(-c2n[nH]c(CNC(=O)c3sc(C)nc3C)n2)cc1. The molecule has 0 spiro atoms. The van der Waals surface area contributed by atoms with Gasteiger partial charge in [-0.15, -0.1) is 11.3 Å². The maximum atomic E-state index is 12.2. The molecule has 3 rings (SSSR count). The van der Waals surface area contributed by atoms with E-state index in [2.05, 4.69) is 25.5 Å². The lowest BCUT2D eigenvalue weighted by molar-refractivity contribution is 0.0953. The fraction of sp³-hybridized carbons (Fsp3) is 0.250. The lowest BCUT2D eigenvalue weighted by Gasteiger charge is -2.01. The first-order valence-electron chi connectivity index (χ1n) is 7.34. The van der Waals surface area contributed by atoms with Gasteiger partial charge in [-0.3, -0.25) is 9.89 Å². The van der Waals surface area contributed by atoms with Gasteiger partial charge in [0.05, 0.1) is 24.4 Å². The predicted octanol–water partition coefficient (Wildman–Crippen LogP) is 2.48. The van der Waals surface area contributed by atoms with Crippen LogP contribution in [0, 0.1) is 13.8 Å². The number of H-pyrrole nitrogens is 1. The molecule has 7 nitrogen and oxygen atoms in total. The molecule has 2 aromatic heterocycles. The number of carbonyl (C=O) groups is 1. The minimum Gasteiger partial charge on any atom is -0.497 e. The molecule has 0 radical (unpaired) electrons. The lowest BCUT2D eigenvalue weighted by Crippen LogP contribution is -2.23. The van der Waals surface area contributed by atoms with Crippen molar-refractivity contribution in [2.75, 3.05) is 7.11 Å². The summed E-state index contributed by atoms with van der Waals surface area (Å²) >= 11 is 1.38. The summed E-state index contributed by atoms with van der Waals surface area (Å²) < 4.78 is 5.13. The maximum absolute atomic E-state index is 12.2. The molecule has 0 aliphatic carbocycles. The molecule has 8 heteroatoms. The Balaban J connectivity index is 1.65. The summed E-state index contributed by atoms with van der Waals surface area (Å²) in [5.41, 5.74) is 1.62. The van der Waals surface area contributed by atoms with E-state index >= 15 is 0 Å². The van der Waals surface area contributed by atoms with Gasteiger partial charge in [0.2, 0.25) is 0 Å². The molecule has 0 fully saturated rings. The average Bonchev–Trinajstić information content (AvgIpc) is 3.19. The van der Waals surface area contributed by atoms with Crippen LogP contribution in [0.1, 0.15) is 26.2 Å². The number of hydrogen-bond acceptors (Lipinski definition) is 6. The van der Waals surface area contributed by atoms with Crippen LogP contribution in [0.2, 0.25) is 0 Å². The van der Waals surface area contributed by atoms with E-state index in [9.17, 15) is 4.79 Å². The standard InChI is InChI=1S/C16H17N5O2S/c1-9-14(24-10(2)18-9)16(22)17-8-13-19-15(21-20-13)11-4-6-12(23-3)7-5-11/h4-7H,8H2,1-3H3,(H,17,22)(H,19,20,21). The Kier molecular flexibility index (Phi) is 4.57.